The van der Waals surface area contributed by atoms with Gasteiger partial charge < -0.3 is 183 Å². The number of fused-ring (bicyclic) bond motifs is 7. The van der Waals surface area contributed by atoms with Crippen LogP contribution in [0, 0.1) is 50.2 Å². The molecule has 0 amide bonds. The first-order valence-corrected chi connectivity index (χ1v) is 39.3. The summed E-state index contributed by atoms with van der Waals surface area (Å²) in [6.45, 7) is 14.3. The van der Waals surface area contributed by atoms with E-state index in [0.29, 0.717) is 44.9 Å². The lowest BCUT2D eigenvalue weighted by Crippen LogP contribution is -2.69. The minimum Gasteiger partial charge on any atom is -0.479 e. The van der Waals surface area contributed by atoms with Crippen LogP contribution in [0.3, 0.4) is 0 Å². The average Bonchev–Trinajstić information content (AvgIpc) is 0.670. The molecular weight excluding hydrogens is 1510 g/mol. The summed E-state index contributed by atoms with van der Waals surface area (Å²) < 4.78 is 97.4. The lowest BCUT2D eigenvalue weighted by Gasteiger charge is -2.71. The number of carbonyl (C=O) groups excluding carboxylic acids is 1. The number of hydrogen-bond donors (Lipinski definition) is 21. The second-order valence-corrected chi connectivity index (χ2v) is 35.8. The fourth-order valence-corrected chi connectivity index (χ4v) is 21.3. The third kappa shape index (κ3) is 15.6. The van der Waals surface area contributed by atoms with E-state index in [1.165, 1.54) is 13.8 Å². The van der Waals surface area contributed by atoms with E-state index in [9.17, 15) is 112 Å². The molecule has 8 aliphatic heterocycles. The molecule has 8 heterocycles. The van der Waals surface area contributed by atoms with Crippen LogP contribution in [0.4, 0.5) is 0 Å². The van der Waals surface area contributed by atoms with Crippen LogP contribution in [0.25, 0.3) is 0 Å². The Kier molecular flexibility index (Phi) is 25.9. The highest BCUT2D eigenvalue weighted by Gasteiger charge is 2.73. The Morgan fingerprint density at radius 3 is 1.56 bits per heavy atom. The number of carbonyl (C=O) groups is 2. The maximum absolute atomic E-state index is 16.3. The lowest BCUT2D eigenvalue weighted by atomic mass is 9.33. The van der Waals surface area contributed by atoms with E-state index in [1.807, 2.05) is 13.8 Å². The van der Waals surface area contributed by atoms with E-state index in [4.69, 9.17) is 75.8 Å². The molecule has 0 bridgehead atoms. The fraction of sp³-hybridized carbons (Fsp3) is 0.946. The van der Waals surface area contributed by atoms with Gasteiger partial charge in [-0.2, -0.15) is 0 Å². The van der Waals surface area contributed by atoms with Gasteiger partial charge in [-0.05, 0) is 116 Å². The highest BCUT2D eigenvalue weighted by atomic mass is 16.8. The normalized spacial score (nSPS) is 54.7. The Hall–Kier alpha value is -2.72. The zero-order valence-electron chi connectivity index (χ0n) is 64.4. The molecule has 5 aliphatic carbocycles. The molecule has 39 nitrogen and oxygen atoms in total. The van der Waals surface area contributed by atoms with Gasteiger partial charge in [0, 0.05) is 0 Å². The van der Waals surface area contributed by atoms with Gasteiger partial charge >= 0.3 is 11.9 Å². The van der Waals surface area contributed by atoms with E-state index in [0.717, 1.165) is 5.57 Å². The SMILES string of the molecule is C[C@@H]1O[C@@H](O[C@@H]2[C@@H](OC(=O)[C@@]34CCC(C)(C)C[C@@H]3C3=CC[C@@H]5[C@@]6(C)CC[C@@H](O[C@H]7O[C@H](C(=O)O)[C@@H](O)[C@H](O)[C@H]7O[C@@H]7O[C@H](CO)[C@@H](O)[C@@H](O)[C@H]7O)C(C)(C)[C@H]6CC[C@@]5(C)[C@]3(C)C[C@H]4O)OC[C@H](O)[C@@H]2O[C@H]2O[C@H](C)[C@@H](O)[C@@H](O)[C@@H]2O)[C@@H](O)[C@H](O[C@H]2OC[C@H](O)[C@H](O[C@H]3OC[C@H](O)[C@H](O)[C@@H]3O)[C@@H]2O)[C@@H]1O[C@@H]1OC[C@@H](O)[C@@H](O)[C@H]1O. The minimum atomic E-state index is -2.23. The minimum absolute atomic E-state index is 0.0442. The molecule has 45 atom stereocenters. The second kappa shape index (κ2) is 33.3. The van der Waals surface area contributed by atoms with Crippen molar-refractivity contribution < 1.29 is 193 Å². The number of esters is 1. The van der Waals surface area contributed by atoms with Gasteiger partial charge in [-0.3, -0.25) is 4.79 Å². The van der Waals surface area contributed by atoms with Gasteiger partial charge in [0.2, 0.25) is 6.29 Å². The summed E-state index contributed by atoms with van der Waals surface area (Å²) in [5.74, 6) is -3.52. The quantitative estimate of drug-likeness (QED) is 0.0344. The van der Waals surface area contributed by atoms with E-state index < -0.39 is 317 Å². The largest absolute Gasteiger partial charge is 0.479 e. The van der Waals surface area contributed by atoms with E-state index in [1.54, 1.807) is 0 Å². The van der Waals surface area contributed by atoms with Gasteiger partial charge in [0.15, 0.2) is 56.2 Å². The van der Waals surface area contributed by atoms with Crippen LogP contribution in [0.1, 0.15) is 120 Å². The van der Waals surface area contributed by atoms with Crippen LogP contribution in [-0.4, -0.2) is 386 Å². The van der Waals surface area contributed by atoms with Crippen molar-refractivity contribution in [2.24, 2.45) is 50.2 Å². The molecule has 4 saturated carbocycles. The maximum atomic E-state index is 16.3. The molecule has 12 fully saturated rings. The van der Waals surface area contributed by atoms with Crippen molar-refractivity contribution in [2.75, 3.05) is 33.0 Å². The van der Waals surface area contributed by atoms with Crippen LogP contribution < -0.4 is 0 Å². The first-order valence-electron chi connectivity index (χ1n) is 39.3. The van der Waals surface area contributed by atoms with Crippen molar-refractivity contribution in [3.63, 3.8) is 0 Å². The molecule has 0 spiro atoms. The monoisotopic (exact) mass is 1630 g/mol. The Labute approximate surface area is 650 Å². The van der Waals surface area contributed by atoms with E-state index in [2.05, 4.69) is 40.7 Å². The maximum Gasteiger partial charge on any atom is 0.335 e. The van der Waals surface area contributed by atoms with Crippen molar-refractivity contribution in [3.05, 3.63) is 11.6 Å². The number of rotatable bonds is 18. The Morgan fingerprint density at radius 1 is 0.434 bits per heavy atom. The molecule has 39 heteroatoms. The summed E-state index contributed by atoms with van der Waals surface area (Å²) in [6.07, 6.45) is -62.1. The smallest absolute Gasteiger partial charge is 0.335 e. The fourth-order valence-electron chi connectivity index (χ4n) is 21.3. The highest BCUT2D eigenvalue weighted by Crippen LogP contribution is 2.76. The molecule has 0 aromatic carbocycles. The number of hydrogen-bond acceptors (Lipinski definition) is 38. The number of carboxylic acids is 1. The molecule has 13 rings (SSSR count). The Balaban J connectivity index is 0.789. The van der Waals surface area contributed by atoms with Gasteiger partial charge in [-0.25, -0.2) is 4.79 Å². The molecule has 8 saturated heterocycles. The molecule has 13 aliphatic rings. The molecule has 0 aromatic heterocycles. The number of allylic oxidation sites excluding steroid dienone is 2. The molecule has 0 unspecified atom stereocenters. The predicted octanol–water partition coefficient (Wildman–Crippen LogP) is -7.06. The topological polar surface area (TPSA) is 607 Å². The predicted molar refractivity (Wildman–Crippen MR) is 368 cm³/mol. The number of aliphatic hydroxyl groups is 20. The molecular formula is C74H118O39. The van der Waals surface area contributed by atoms with E-state index in [-0.39, 0.29) is 24.7 Å². The van der Waals surface area contributed by atoms with Gasteiger partial charge in [-0.15, -0.1) is 0 Å². The van der Waals surface area contributed by atoms with Crippen LogP contribution in [-0.2, 0) is 85.4 Å². The summed E-state index contributed by atoms with van der Waals surface area (Å²) >= 11 is 0. The number of ether oxygens (including phenoxy) is 16. The lowest BCUT2D eigenvalue weighted by molar-refractivity contribution is -0.399. The summed E-state index contributed by atoms with van der Waals surface area (Å²) in [5.41, 5.74) is -3.90. The van der Waals surface area contributed by atoms with Crippen molar-refractivity contribution in [1.82, 2.24) is 0 Å². The zero-order chi connectivity index (χ0) is 82.3. The van der Waals surface area contributed by atoms with Crippen LogP contribution in [0.2, 0.25) is 0 Å². The summed E-state index contributed by atoms with van der Waals surface area (Å²) in [7, 11) is 0. The van der Waals surface area contributed by atoms with Crippen LogP contribution in [0.15, 0.2) is 11.6 Å². The summed E-state index contributed by atoms with van der Waals surface area (Å²) in [5, 5.41) is 233. The van der Waals surface area contributed by atoms with Crippen LogP contribution in [0.5, 0.6) is 0 Å². The molecule has 0 aromatic rings. The van der Waals surface area contributed by atoms with Gasteiger partial charge in [0.25, 0.3) is 0 Å². The van der Waals surface area contributed by atoms with Crippen molar-refractivity contribution in [3.8, 4) is 0 Å². The standard InChI is InChI=1S/C74H118O39/c1-25-38(81)42(85)48(91)63(102-25)108-54-32(79)24-101-66(58(54)112-65-51(94)55(52(26(2)103-65)106-60-46(89)39(82)29(76)21-98-60)109-62-50(93)53(31(78)23-100-62)107-61-47(90)40(83)30(77)22-99-61)113-68(97)74-17-16-69(3,4)18-28(74)27-10-11-35-71(7)14-13-37(70(5,6)34(71)12-15-72(35,8)73(27,9)19-36(74)80)105-67-57(45(88)44(87)56(110-67)59(95)96)111-64-49(92)43(86)41(84)33(20-75)104-64/h10,25-26,28-58,60-67,75-94H,11-24H2,1-9H3,(H,95,96)/t25-,26+,28-,29-,30+,31+,32+,33-,34-,35-,36-,37-,38-,39-,40+,41-,42-,43-,44+,45+,46-,47+,48+,49-,50+,51+,52-,53+,54+,55+,56+,57-,58+,60+,61-,62-,63-,64+,65+,66-,67+,71+,72-,73-,74+/m1/s1. The third-order valence-electron chi connectivity index (χ3n) is 28.2. The van der Waals surface area contributed by atoms with E-state index >= 15 is 4.79 Å². The molecule has 113 heavy (non-hydrogen) atoms. The first-order chi connectivity index (χ1) is 53.0. The zero-order valence-corrected chi connectivity index (χ0v) is 64.4. The van der Waals surface area contributed by atoms with Crippen molar-refractivity contribution in [1.29, 1.82) is 0 Å². The second-order valence-electron chi connectivity index (χ2n) is 35.8. The van der Waals surface area contributed by atoms with Crippen molar-refractivity contribution in [2.45, 2.75) is 354 Å². The summed E-state index contributed by atoms with van der Waals surface area (Å²) in [6, 6.07) is 0. The van der Waals surface area contributed by atoms with Crippen molar-refractivity contribution >= 4 is 11.9 Å². The number of carboxylic acid groups (broad SMARTS) is 1. The van der Waals surface area contributed by atoms with Gasteiger partial charge in [0.05, 0.1) is 57.5 Å². The molecule has 648 valence electrons. The molecule has 21 N–H and O–H groups in total. The number of aliphatic hydroxyl groups excluding tert-OH is 20. The Bertz CT molecular complexity index is 3300. The third-order valence-corrected chi connectivity index (χ3v) is 28.2. The summed E-state index contributed by atoms with van der Waals surface area (Å²) in [4.78, 5) is 28.8. The molecule has 0 radical (unpaired) electrons. The first kappa shape index (κ1) is 88.1. The Morgan fingerprint density at radius 2 is 0.938 bits per heavy atom. The number of aliphatic carboxylic acids is 1. The van der Waals surface area contributed by atoms with Gasteiger partial charge in [-0.1, -0.05) is 60.1 Å². The van der Waals surface area contributed by atoms with Crippen LogP contribution >= 0.6 is 0 Å². The highest BCUT2D eigenvalue weighted by molar-refractivity contribution is 5.80. The van der Waals surface area contributed by atoms with Gasteiger partial charge in [0.1, 0.15) is 152 Å². The average molecular weight is 1630 g/mol.